The summed E-state index contributed by atoms with van der Waals surface area (Å²) < 4.78 is 0. The van der Waals surface area contributed by atoms with Gasteiger partial charge in [0.25, 0.3) is 0 Å². The first-order valence-corrected chi connectivity index (χ1v) is 8.91. The molecule has 0 saturated carbocycles. The Morgan fingerprint density at radius 1 is 0.650 bits per heavy atom. The molecule has 2 unspecified atom stereocenters. The second-order valence-electron chi connectivity index (χ2n) is 7.46. The van der Waals surface area contributed by atoms with E-state index >= 15 is 0 Å². The molecule has 0 fully saturated rings. The Morgan fingerprint density at radius 3 is 1.45 bits per heavy atom. The van der Waals surface area contributed by atoms with Crippen molar-refractivity contribution in [3.05, 3.63) is 0 Å². The van der Waals surface area contributed by atoms with Crippen LogP contribution < -0.4 is 0 Å². The van der Waals surface area contributed by atoms with Gasteiger partial charge in [0.05, 0.1) is 0 Å². The maximum absolute atomic E-state index is 5.41. The third kappa shape index (κ3) is 12.6. The minimum atomic E-state index is 0.461. The molecule has 0 heteroatoms. The Bertz CT molecular complexity index is 245. The number of hydrogen-bond donors (Lipinski definition) is 0. The smallest absolute Gasteiger partial charge is 0.0171 e. The molecule has 0 aliphatic carbocycles. The third-order valence-corrected chi connectivity index (χ3v) is 4.49. The van der Waals surface area contributed by atoms with Gasteiger partial charge in [0.2, 0.25) is 0 Å². The predicted octanol–water partition coefficient (Wildman–Crippen LogP) is 6.69. The van der Waals surface area contributed by atoms with Gasteiger partial charge in [-0.1, -0.05) is 86.0 Å². The highest BCUT2D eigenvalue weighted by molar-refractivity contribution is 4.89. The Kier molecular flexibility index (Phi) is 12.0. The molecule has 0 aromatic heterocycles. The van der Waals surface area contributed by atoms with Crippen LogP contribution in [0.1, 0.15) is 92.4 Å². The average molecular weight is 279 g/mol. The molecule has 0 aliphatic heterocycles. The monoisotopic (exact) mass is 278 g/mol. The number of hydrogen-bond acceptors (Lipinski definition) is 0. The van der Waals surface area contributed by atoms with Crippen molar-refractivity contribution in [1.82, 2.24) is 0 Å². The van der Waals surface area contributed by atoms with Gasteiger partial charge in [-0.3, -0.25) is 0 Å². The van der Waals surface area contributed by atoms with Crippen LogP contribution in [0.5, 0.6) is 0 Å². The van der Waals surface area contributed by atoms with Gasteiger partial charge in [0.15, 0.2) is 0 Å². The van der Waals surface area contributed by atoms with Crippen LogP contribution in [0.15, 0.2) is 0 Å². The molecule has 0 nitrogen and oxygen atoms in total. The molecule has 20 heavy (non-hydrogen) atoms. The van der Waals surface area contributed by atoms with Crippen LogP contribution >= 0.6 is 0 Å². The molecule has 0 aromatic rings. The van der Waals surface area contributed by atoms with Crippen molar-refractivity contribution in [3.63, 3.8) is 0 Å². The summed E-state index contributed by atoms with van der Waals surface area (Å²) in [6.45, 7) is 11.6. The Balaban J connectivity index is 3.46. The standard InChI is InChI=1S/C20H38/c1-7-18(4)12-9-14-20(6)16-10-15-19(5)13-8-11-17(2)3/h1,17-20H,8-16H2,2-6H3/t18?,19?,20-/m0/s1. The zero-order valence-electron chi connectivity index (χ0n) is 14.8. The van der Waals surface area contributed by atoms with Gasteiger partial charge >= 0.3 is 0 Å². The molecule has 0 heterocycles. The van der Waals surface area contributed by atoms with Gasteiger partial charge in [-0.25, -0.2) is 0 Å². The molecule has 0 saturated heterocycles. The molecule has 0 radical (unpaired) electrons. The second-order valence-corrected chi connectivity index (χ2v) is 7.46. The van der Waals surface area contributed by atoms with Crippen LogP contribution in [0.3, 0.4) is 0 Å². The fourth-order valence-corrected chi connectivity index (χ4v) is 2.83. The average Bonchev–Trinajstić information content (AvgIpc) is 2.38. The lowest BCUT2D eigenvalue weighted by Crippen LogP contribution is -2.01. The van der Waals surface area contributed by atoms with Gasteiger partial charge in [-0.2, -0.15) is 0 Å². The van der Waals surface area contributed by atoms with E-state index in [1.165, 1.54) is 57.8 Å². The summed E-state index contributed by atoms with van der Waals surface area (Å²) in [5.41, 5.74) is 0. The second kappa shape index (κ2) is 12.3. The molecule has 3 atom stereocenters. The highest BCUT2D eigenvalue weighted by atomic mass is 14.1. The molecular weight excluding hydrogens is 240 g/mol. The van der Waals surface area contributed by atoms with Crippen molar-refractivity contribution in [2.24, 2.45) is 23.7 Å². The minimum Gasteiger partial charge on any atom is -0.120 e. The maximum Gasteiger partial charge on any atom is 0.0171 e. The topological polar surface area (TPSA) is 0 Å². The van der Waals surface area contributed by atoms with Gasteiger partial charge in [0, 0.05) is 5.92 Å². The SMILES string of the molecule is C#CC(C)CCC[C@H](C)CCCC(C)CCCC(C)C. The van der Waals surface area contributed by atoms with E-state index in [2.05, 4.69) is 40.5 Å². The fourth-order valence-electron chi connectivity index (χ4n) is 2.83. The van der Waals surface area contributed by atoms with Gasteiger partial charge in [-0.05, 0) is 24.2 Å². The first-order valence-electron chi connectivity index (χ1n) is 8.91. The summed E-state index contributed by atoms with van der Waals surface area (Å²) in [7, 11) is 0. The molecule has 0 amide bonds. The van der Waals surface area contributed by atoms with Gasteiger partial charge in [0.1, 0.15) is 0 Å². The third-order valence-electron chi connectivity index (χ3n) is 4.49. The van der Waals surface area contributed by atoms with Crippen molar-refractivity contribution >= 4 is 0 Å². The Labute approximate surface area is 129 Å². The Morgan fingerprint density at radius 2 is 1.05 bits per heavy atom. The summed E-state index contributed by atoms with van der Waals surface area (Å²) >= 11 is 0. The van der Waals surface area contributed by atoms with E-state index in [1.807, 2.05) is 0 Å². The highest BCUT2D eigenvalue weighted by Crippen LogP contribution is 2.21. The minimum absolute atomic E-state index is 0.461. The number of rotatable bonds is 12. The molecule has 0 bridgehead atoms. The maximum atomic E-state index is 5.41. The largest absolute Gasteiger partial charge is 0.120 e. The molecular formula is C20H38. The normalized spacial score (nSPS) is 15.8. The van der Waals surface area contributed by atoms with E-state index < -0.39 is 0 Å². The van der Waals surface area contributed by atoms with Crippen LogP contribution in [0.25, 0.3) is 0 Å². The molecule has 0 spiro atoms. The quantitative estimate of drug-likeness (QED) is 0.349. The van der Waals surface area contributed by atoms with Crippen LogP contribution in [0.4, 0.5) is 0 Å². The van der Waals surface area contributed by atoms with Crippen LogP contribution in [-0.2, 0) is 0 Å². The van der Waals surface area contributed by atoms with Crippen molar-refractivity contribution in [1.29, 1.82) is 0 Å². The van der Waals surface area contributed by atoms with E-state index in [-0.39, 0.29) is 0 Å². The molecule has 0 aromatic carbocycles. The number of terminal acetylenes is 1. The molecule has 0 rings (SSSR count). The van der Waals surface area contributed by atoms with Crippen LogP contribution in [0.2, 0.25) is 0 Å². The first-order chi connectivity index (χ1) is 9.45. The lowest BCUT2D eigenvalue weighted by atomic mass is 9.91. The Hall–Kier alpha value is -0.440. The van der Waals surface area contributed by atoms with Gasteiger partial charge in [-0.15, -0.1) is 12.3 Å². The van der Waals surface area contributed by atoms with Crippen molar-refractivity contribution in [2.45, 2.75) is 92.4 Å². The van der Waals surface area contributed by atoms with Crippen molar-refractivity contribution in [2.75, 3.05) is 0 Å². The zero-order valence-corrected chi connectivity index (χ0v) is 14.8. The summed E-state index contributed by atoms with van der Waals surface area (Å²) in [4.78, 5) is 0. The summed E-state index contributed by atoms with van der Waals surface area (Å²) in [5, 5.41) is 0. The van der Waals surface area contributed by atoms with Crippen molar-refractivity contribution in [3.8, 4) is 12.3 Å². The predicted molar refractivity (Wildman–Crippen MR) is 92.7 cm³/mol. The van der Waals surface area contributed by atoms with E-state index in [0.717, 1.165) is 17.8 Å². The van der Waals surface area contributed by atoms with E-state index in [0.29, 0.717) is 5.92 Å². The summed E-state index contributed by atoms with van der Waals surface area (Å²) in [6.07, 6.45) is 17.7. The fraction of sp³-hybridized carbons (Fsp3) is 0.900. The molecule has 118 valence electrons. The summed E-state index contributed by atoms with van der Waals surface area (Å²) in [6, 6.07) is 0. The van der Waals surface area contributed by atoms with Crippen molar-refractivity contribution < 1.29 is 0 Å². The molecule has 0 aliphatic rings. The zero-order chi connectivity index (χ0) is 15.4. The summed E-state index contributed by atoms with van der Waals surface area (Å²) in [5.74, 6) is 5.95. The molecule has 0 N–H and O–H groups in total. The lowest BCUT2D eigenvalue weighted by molar-refractivity contribution is 0.384. The van der Waals surface area contributed by atoms with Gasteiger partial charge < -0.3 is 0 Å². The van der Waals surface area contributed by atoms with Crippen LogP contribution in [-0.4, -0.2) is 0 Å². The van der Waals surface area contributed by atoms with Crippen LogP contribution in [0, 0.1) is 36.0 Å². The van der Waals surface area contributed by atoms with E-state index in [9.17, 15) is 0 Å². The van der Waals surface area contributed by atoms with E-state index in [4.69, 9.17) is 6.42 Å². The first kappa shape index (κ1) is 19.6. The highest BCUT2D eigenvalue weighted by Gasteiger charge is 2.07. The lowest BCUT2D eigenvalue weighted by Gasteiger charge is -2.15. The van der Waals surface area contributed by atoms with E-state index in [1.54, 1.807) is 0 Å².